The zero-order chi connectivity index (χ0) is 15.2. The maximum absolute atomic E-state index is 4.27. The topological polar surface area (TPSA) is 25.8 Å². The van der Waals surface area contributed by atoms with Gasteiger partial charge in [0, 0.05) is 12.4 Å². The second-order valence-electron chi connectivity index (χ2n) is 4.86. The van der Waals surface area contributed by atoms with Gasteiger partial charge in [0.25, 0.3) is 0 Å². The molecular formula is C19H16N2S. The second kappa shape index (κ2) is 7.05. The van der Waals surface area contributed by atoms with Crippen LogP contribution in [0.1, 0.15) is 16.7 Å². The van der Waals surface area contributed by atoms with Gasteiger partial charge in [0.15, 0.2) is 5.16 Å². The van der Waals surface area contributed by atoms with Crippen molar-refractivity contribution in [3.05, 3.63) is 95.2 Å². The van der Waals surface area contributed by atoms with Gasteiger partial charge in [-0.05, 0) is 40.7 Å². The SMILES string of the molecule is Cc1ccccc1/C(=C\Sc1ncccn1)c1ccccc1. The second-order valence-corrected chi connectivity index (χ2v) is 5.70. The zero-order valence-corrected chi connectivity index (χ0v) is 13.1. The Morgan fingerprint density at radius 1 is 0.864 bits per heavy atom. The van der Waals surface area contributed by atoms with E-state index in [4.69, 9.17) is 0 Å². The van der Waals surface area contributed by atoms with E-state index in [2.05, 4.69) is 70.8 Å². The molecule has 3 rings (SSSR count). The summed E-state index contributed by atoms with van der Waals surface area (Å²) < 4.78 is 0. The van der Waals surface area contributed by atoms with E-state index in [-0.39, 0.29) is 0 Å². The summed E-state index contributed by atoms with van der Waals surface area (Å²) in [4.78, 5) is 8.54. The lowest BCUT2D eigenvalue weighted by molar-refractivity contribution is 0.971. The summed E-state index contributed by atoms with van der Waals surface area (Å²) in [7, 11) is 0. The number of rotatable bonds is 4. The highest BCUT2D eigenvalue weighted by molar-refractivity contribution is 8.02. The van der Waals surface area contributed by atoms with Crippen molar-refractivity contribution in [3.63, 3.8) is 0 Å². The maximum Gasteiger partial charge on any atom is 0.191 e. The van der Waals surface area contributed by atoms with Crippen LogP contribution in [-0.4, -0.2) is 9.97 Å². The minimum Gasteiger partial charge on any atom is -0.231 e. The molecule has 3 heteroatoms. The number of aryl methyl sites for hydroxylation is 1. The molecule has 3 aromatic rings. The van der Waals surface area contributed by atoms with Gasteiger partial charge in [-0.1, -0.05) is 66.4 Å². The summed E-state index contributed by atoms with van der Waals surface area (Å²) >= 11 is 1.54. The minimum absolute atomic E-state index is 0.754. The molecule has 0 N–H and O–H groups in total. The lowest BCUT2D eigenvalue weighted by Gasteiger charge is -2.11. The van der Waals surface area contributed by atoms with Crippen LogP contribution in [0.25, 0.3) is 5.57 Å². The minimum atomic E-state index is 0.754. The Bertz CT molecular complexity index is 768. The average molecular weight is 304 g/mol. The summed E-state index contributed by atoms with van der Waals surface area (Å²) in [6.07, 6.45) is 3.53. The first-order chi connectivity index (χ1) is 10.8. The number of aromatic nitrogens is 2. The van der Waals surface area contributed by atoms with E-state index in [0.717, 1.165) is 5.16 Å². The van der Waals surface area contributed by atoms with Crippen molar-refractivity contribution in [1.29, 1.82) is 0 Å². The average Bonchev–Trinajstić information content (AvgIpc) is 2.58. The van der Waals surface area contributed by atoms with Crippen LogP contribution < -0.4 is 0 Å². The molecule has 0 spiro atoms. The van der Waals surface area contributed by atoms with Crippen molar-refractivity contribution in [2.45, 2.75) is 12.1 Å². The van der Waals surface area contributed by atoms with Crippen molar-refractivity contribution in [2.24, 2.45) is 0 Å². The third-order valence-corrected chi connectivity index (χ3v) is 4.12. The molecular weight excluding hydrogens is 288 g/mol. The van der Waals surface area contributed by atoms with Gasteiger partial charge >= 0.3 is 0 Å². The van der Waals surface area contributed by atoms with E-state index < -0.39 is 0 Å². The van der Waals surface area contributed by atoms with Gasteiger partial charge < -0.3 is 0 Å². The van der Waals surface area contributed by atoms with Crippen molar-refractivity contribution < 1.29 is 0 Å². The molecule has 0 atom stereocenters. The van der Waals surface area contributed by atoms with Crippen LogP contribution in [-0.2, 0) is 0 Å². The van der Waals surface area contributed by atoms with Gasteiger partial charge in [-0.25, -0.2) is 9.97 Å². The molecule has 2 nitrogen and oxygen atoms in total. The highest BCUT2D eigenvalue weighted by atomic mass is 32.2. The van der Waals surface area contributed by atoms with Crippen LogP contribution in [0.2, 0.25) is 0 Å². The molecule has 1 aromatic heterocycles. The van der Waals surface area contributed by atoms with E-state index >= 15 is 0 Å². The monoisotopic (exact) mass is 304 g/mol. The van der Waals surface area contributed by atoms with E-state index in [9.17, 15) is 0 Å². The zero-order valence-electron chi connectivity index (χ0n) is 12.3. The number of benzene rings is 2. The van der Waals surface area contributed by atoms with Crippen molar-refractivity contribution >= 4 is 17.3 Å². The van der Waals surface area contributed by atoms with E-state index in [0.29, 0.717) is 0 Å². The summed E-state index contributed by atoms with van der Waals surface area (Å²) in [5.41, 5.74) is 4.88. The van der Waals surface area contributed by atoms with Gasteiger partial charge in [0.2, 0.25) is 0 Å². The van der Waals surface area contributed by atoms with Crippen LogP contribution in [0.5, 0.6) is 0 Å². The molecule has 0 aliphatic heterocycles. The predicted octanol–water partition coefficient (Wildman–Crippen LogP) is 4.97. The molecule has 0 saturated carbocycles. The van der Waals surface area contributed by atoms with Crippen LogP contribution in [0.3, 0.4) is 0 Å². The molecule has 1 heterocycles. The Balaban J connectivity index is 2.02. The highest BCUT2D eigenvalue weighted by Crippen LogP contribution is 2.30. The molecule has 0 bridgehead atoms. The van der Waals surface area contributed by atoms with Crippen molar-refractivity contribution in [1.82, 2.24) is 9.97 Å². The standard InChI is InChI=1S/C19H16N2S/c1-15-8-5-6-11-17(15)18(16-9-3-2-4-10-16)14-22-19-20-12-7-13-21-19/h2-14H,1H3/b18-14-. The molecule has 22 heavy (non-hydrogen) atoms. The van der Waals surface area contributed by atoms with Crippen molar-refractivity contribution in [2.75, 3.05) is 0 Å². The molecule has 0 aliphatic carbocycles. The van der Waals surface area contributed by atoms with E-state index in [1.807, 2.05) is 12.1 Å². The molecule has 0 saturated heterocycles. The first-order valence-electron chi connectivity index (χ1n) is 7.10. The van der Waals surface area contributed by atoms with Crippen LogP contribution >= 0.6 is 11.8 Å². The number of hydrogen-bond acceptors (Lipinski definition) is 3. The summed E-state index contributed by atoms with van der Waals surface area (Å²) in [5.74, 6) is 0. The maximum atomic E-state index is 4.27. The Morgan fingerprint density at radius 3 is 2.27 bits per heavy atom. The van der Waals surface area contributed by atoms with Crippen LogP contribution in [0.15, 0.2) is 83.6 Å². The molecule has 108 valence electrons. The highest BCUT2D eigenvalue weighted by Gasteiger charge is 2.08. The summed E-state index contributed by atoms with van der Waals surface area (Å²) in [6, 6.07) is 20.7. The van der Waals surface area contributed by atoms with Gasteiger partial charge in [-0.3, -0.25) is 0 Å². The number of nitrogens with zero attached hydrogens (tertiary/aromatic N) is 2. The molecule has 2 aromatic carbocycles. The molecule has 0 aliphatic rings. The lowest BCUT2D eigenvalue weighted by atomic mass is 9.96. The van der Waals surface area contributed by atoms with Crippen molar-refractivity contribution in [3.8, 4) is 0 Å². The van der Waals surface area contributed by atoms with Gasteiger partial charge in [-0.15, -0.1) is 0 Å². The molecule has 0 amide bonds. The fourth-order valence-corrected chi connectivity index (χ4v) is 2.97. The third kappa shape index (κ3) is 3.43. The number of thioether (sulfide) groups is 1. The molecule has 0 fully saturated rings. The smallest absolute Gasteiger partial charge is 0.191 e. The quantitative estimate of drug-likeness (QED) is 0.503. The fourth-order valence-electron chi connectivity index (χ4n) is 2.24. The Morgan fingerprint density at radius 2 is 1.55 bits per heavy atom. The lowest BCUT2D eigenvalue weighted by Crippen LogP contribution is -1.91. The van der Waals surface area contributed by atoms with Gasteiger partial charge in [-0.2, -0.15) is 0 Å². The van der Waals surface area contributed by atoms with Gasteiger partial charge in [0.1, 0.15) is 0 Å². The van der Waals surface area contributed by atoms with E-state index in [1.165, 1.54) is 22.3 Å². The fraction of sp³-hybridized carbons (Fsp3) is 0.0526. The Kier molecular flexibility index (Phi) is 4.66. The van der Waals surface area contributed by atoms with Crippen LogP contribution in [0.4, 0.5) is 0 Å². The Labute approximate surface area is 135 Å². The van der Waals surface area contributed by atoms with Crippen LogP contribution in [0, 0.1) is 6.92 Å². The predicted molar refractivity (Wildman–Crippen MR) is 92.6 cm³/mol. The summed E-state index contributed by atoms with van der Waals surface area (Å²) in [5, 5.41) is 2.89. The first kappa shape index (κ1) is 14.5. The molecule has 0 unspecified atom stereocenters. The van der Waals surface area contributed by atoms with Gasteiger partial charge in [0.05, 0.1) is 0 Å². The first-order valence-corrected chi connectivity index (χ1v) is 7.98. The normalized spacial score (nSPS) is 11.4. The van der Waals surface area contributed by atoms with E-state index in [1.54, 1.807) is 24.2 Å². The molecule has 0 radical (unpaired) electrons. The summed E-state index contributed by atoms with van der Waals surface area (Å²) in [6.45, 7) is 2.13. The Hall–Kier alpha value is -2.39. The largest absolute Gasteiger partial charge is 0.231 e. The number of hydrogen-bond donors (Lipinski definition) is 0. The third-order valence-electron chi connectivity index (χ3n) is 3.34.